The summed E-state index contributed by atoms with van der Waals surface area (Å²) in [7, 11) is 0. The third kappa shape index (κ3) is 3.28. The van der Waals surface area contributed by atoms with E-state index in [1.807, 2.05) is 0 Å². The Kier molecular flexibility index (Phi) is 3.89. The highest BCUT2D eigenvalue weighted by Crippen LogP contribution is 2.27. The molecule has 0 aliphatic carbocycles. The predicted octanol–water partition coefficient (Wildman–Crippen LogP) is 0.921. The first-order valence-electron chi connectivity index (χ1n) is 5.66. The summed E-state index contributed by atoms with van der Waals surface area (Å²) in [4.78, 5) is 25.3. The number of aryl methyl sites for hydroxylation is 1. The number of nitrogens with one attached hydrogen (secondary N) is 1. The molecule has 0 aliphatic heterocycles. The Morgan fingerprint density at radius 1 is 1.50 bits per heavy atom. The molecule has 0 bridgehead atoms. The summed E-state index contributed by atoms with van der Waals surface area (Å²) < 4.78 is 1.50. The maximum absolute atomic E-state index is 11.7. The molecule has 0 saturated carbocycles. The average molecular weight is 277 g/mol. The van der Waals surface area contributed by atoms with Crippen molar-refractivity contribution < 1.29 is 14.8 Å². The lowest BCUT2D eigenvalue weighted by Gasteiger charge is -2.07. The van der Waals surface area contributed by atoms with Crippen LogP contribution in [0, 0.1) is 10.1 Å². The van der Waals surface area contributed by atoms with Crippen LogP contribution in [-0.4, -0.2) is 30.7 Å². The minimum absolute atomic E-state index is 0.124. The number of benzene rings is 1. The van der Waals surface area contributed by atoms with Crippen molar-refractivity contribution in [1.82, 2.24) is 14.8 Å². The Morgan fingerprint density at radius 3 is 2.90 bits per heavy atom. The molecule has 2 aromatic rings. The molecule has 0 fully saturated rings. The first kappa shape index (κ1) is 13.5. The van der Waals surface area contributed by atoms with Crippen molar-refractivity contribution in [3.05, 3.63) is 41.0 Å². The Balaban J connectivity index is 1.95. The Hall–Kier alpha value is -2.97. The van der Waals surface area contributed by atoms with Crippen LogP contribution >= 0.6 is 0 Å². The van der Waals surface area contributed by atoms with Gasteiger partial charge in [0.05, 0.1) is 23.2 Å². The number of carbonyl (C=O) groups is 1. The smallest absolute Gasteiger partial charge is 0.273 e. The second-order valence-corrected chi connectivity index (χ2v) is 3.92. The molecule has 1 heterocycles. The van der Waals surface area contributed by atoms with E-state index in [9.17, 15) is 20.0 Å². The lowest BCUT2D eigenvalue weighted by Crippen LogP contribution is -2.14. The van der Waals surface area contributed by atoms with Gasteiger partial charge in [0, 0.05) is 12.5 Å². The molecule has 0 radical (unpaired) electrons. The van der Waals surface area contributed by atoms with Crippen LogP contribution in [0.25, 0.3) is 0 Å². The van der Waals surface area contributed by atoms with Crippen LogP contribution < -0.4 is 5.32 Å². The highest BCUT2D eigenvalue weighted by molar-refractivity contribution is 5.92. The Morgan fingerprint density at radius 2 is 2.30 bits per heavy atom. The van der Waals surface area contributed by atoms with Crippen molar-refractivity contribution >= 4 is 17.3 Å². The second-order valence-electron chi connectivity index (χ2n) is 3.92. The van der Waals surface area contributed by atoms with Gasteiger partial charge in [-0.15, -0.1) is 0 Å². The van der Waals surface area contributed by atoms with Gasteiger partial charge in [-0.3, -0.25) is 19.6 Å². The van der Waals surface area contributed by atoms with Crippen molar-refractivity contribution in [2.24, 2.45) is 0 Å². The number of rotatable bonds is 5. The summed E-state index contributed by atoms with van der Waals surface area (Å²) in [6, 6.07) is 3.46. The standard InChI is InChI=1S/C11H11N5O4/c17-10-5-8(16(19)20)1-2-9(10)14-11(18)3-4-15-7-12-6-13-15/h1-2,5-7,17H,3-4H2,(H,14,18). The number of carbonyl (C=O) groups excluding carboxylic acids is 1. The predicted molar refractivity (Wildman–Crippen MR) is 68.0 cm³/mol. The van der Waals surface area contributed by atoms with Crippen LogP contribution in [0.2, 0.25) is 0 Å². The van der Waals surface area contributed by atoms with E-state index in [1.54, 1.807) is 0 Å². The van der Waals surface area contributed by atoms with E-state index in [1.165, 1.54) is 29.5 Å². The monoisotopic (exact) mass is 277 g/mol. The summed E-state index contributed by atoms with van der Waals surface area (Å²) in [6.45, 7) is 0.347. The lowest BCUT2D eigenvalue weighted by atomic mass is 10.2. The van der Waals surface area contributed by atoms with E-state index in [0.717, 1.165) is 6.07 Å². The minimum atomic E-state index is -0.629. The number of aromatic hydroxyl groups is 1. The summed E-state index contributed by atoms with van der Waals surface area (Å²) in [5, 5.41) is 26.4. The van der Waals surface area contributed by atoms with Crippen molar-refractivity contribution in [2.45, 2.75) is 13.0 Å². The van der Waals surface area contributed by atoms with Gasteiger partial charge in [-0.1, -0.05) is 0 Å². The number of nitro groups is 1. The largest absolute Gasteiger partial charge is 0.506 e. The molecule has 104 valence electrons. The number of hydrogen-bond donors (Lipinski definition) is 2. The van der Waals surface area contributed by atoms with E-state index in [-0.39, 0.29) is 29.5 Å². The highest BCUT2D eigenvalue weighted by Gasteiger charge is 2.12. The number of phenols is 1. The molecule has 0 unspecified atom stereocenters. The third-order valence-electron chi connectivity index (χ3n) is 2.50. The van der Waals surface area contributed by atoms with E-state index < -0.39 is 4.92 Å². The van der Waals surface area contributed by atoms with Crippen LogP contribution in [0.4, 0.5) is 11.4 Å². The van der Waals surface area contributed by atoms with E-state index in [0.29, 0.717) is 6.54 Å². The molecule has 0 saturated heterocycles. The maximum atomic E-state index is 11.7. The first-order chi connectivity index (χ1) is 9.56. The number of aromatic nitrogens is 3. The fourth-order valence-corrected chi connectivity index (χ4v) is 1.52. The number of non-ortho nitro benzene ring substituents is 1. The average Bonchev–Trinajstić information content (AvgIpc) is 2.91. The number of hydrogen-bond acceptors (Lipinski definition) is 6. The van der Waals surface area contributed by atoms with Crippen molar-refractivity contribution in [1.29, 1.82) is 0 Å². The van der Waals surface area contributed by atoms with Crippen molar-refractivity contribution in [3.63, 3.8) is 0 Å². The molecular formula is C11H11N5O4. The number of nitrogens with zero attached hydrogens (tertiary/aromatic N) is 4. The third-order valence-corrected chi connectivity index (χ3v) is 2.50. The van der Waals surface area contributed by atoms with Gasteiger partial charge >= 0.3 is 0 Å². The van der Waals surface area contributed by atoms with Gasteiger partial charge in [0.25, 0.3) is 5.69 Å². The second kappa shape index (κ2) is 5.78. The van der Waals surface area contributed by atoms with E-state index >= 15 is 0 Å². The molecule has 2 rings (SSSR count). The zero-order chi connectivity index (χ0) is 14.5. The van der Waals surface area contributed by atoms with Crippen LogP contribution in [0.5, 0.6) is 5.75 Å². The fourth-order valence-electron chi connectivity index (χ4n) is 1.52. The summed E-state index contributed by atoms with van der Waals surface area (Å²) >= 11 is 0. The van der Waals surface area contributed by atoms with Crippen LogP contribution in [0.1, 0.15) is 6.42 Å². The molecule has 0 aliphatic rings. The molecule has 1 amide bonds. The molecule has 0 spiro atoms. The number of phenolic OH excluding ortho intramolecular Hbond substituents is 1. The zero-order valence-corrected chi connectivity index (χ0v) is 10.3. The summed E-state index contributed by atoms with van der Waals surface area (Å²) in [5.74, 6) is -0.696. The van der Waals surface area contributed by atoms with Gasteiger partial charge in [0.1, 0.15) is 18.4 Å². The van der Waals surface area contributed by atoms with Gasteiger partial charge in [0.15, 0.2) is 0 Å². The summed E-state index contributed by atoms with van der Waals surface area (Å²) in [6.07, 6.45) is 2.98. The Labute approximate surface area is 113 Å². The SMILES string of the molecule is O=C(CCn1cncn1)Nc1ccc([N+](=O)[O-])cc1O. The molecule has 9 heteroatoms. The maximum Gasteiger partial charge on any atom is 0.273 e. The van der Waals surface area contributed by atoms with Crippen molar-refractivity contribution in [2.75, 3.05) is 5.32 Å². The molecule has 2 N–H and O–H groups in total. The van der Waals surface area contributed by atoms with Crippen LogP contribution in [0.3, 0.4) is 0 Å². The van der Waals surface area contributed by atoms with Gasteiger partial charge in [-0.25, -0.2) is 4.98 Å². The van der Waals surface area contributed by atoms with Gasteiger partial charge < -0.3 is 10.4 Å². The number of nitro benzene ring substituents is 1. The quantitative estimate of drug-likeness (QED) is 0.476. The minimum Gasteiger partial charge on any atom is -0.506 e. The number of anilines is 1. The lowest BCUT2D eigenvalue weighted by molar-refractivity contribution is -0.384. The molecule has 20 heavy (non-hydrogen) atoms. The van der Waals surface area contributed by atoms with Gasteiger partial charge in [-0.2, -0.15) is 5.10 Å². The molecule has 0 atom stereocenters. The van der Waals surface area contributed by atoms with Gasteiger partial charge in [-0.05, 0) is 6.07 Å². The molecular weight excluding hydrogens is 266 g/mol. The molecule has 9 nitrogen and oxygen atoms in total. The van der Waals surface area contributed by atoms with E-state index in [4.69, 9.17) is 0 Å². The fraction of sp³-hybridized carbons (Fsp3) is 0.182. The molecule has 1 aromatic carbocycles. The summed E-state index contributed by atoms with van der Waals surface area (Å²) in [5.41, 5.74) is -0.123. The van der Waals surface area contributed by atoms with Crippen molar-refractivity contribution in [3.8, 4) is 5.75 Å². The van der Waals surface area contributed by atoms with E-state index in [2.05, 4.69) is 15.4 Å². The zero-order valence-electron chi connectivity index (χ0n) is 10.3. The van der Waals surface area contributed by atoms with Crippen LogP contribution in [-0.2, 0) is 11.3 Å². The topological polar surface area (TPSA) is 123 Å². The Bertz CT molecular complexity index is 626. The highest BCUT2D eigenvalue weighted by atomic mass is 16.6. The number of amides is 1. The van der Waals surface area contributed by atoms with Gasteiger partial charge in [0.2, 0.25) is 5.91 Å². The normalized spacial score (nSPS) is 10.2. The first-order valence-corrected chi connectivity index (χ1v) is 5.66. The molecule has 1 aromatic heterocycles. The van der Waals surface area contributed by atoms with Crippen LogP contribution in [0.15, 0.2) is 30.9 Å².